The lowest BCUT2D eigenvalue weighted by Crippen LogP contribution is -2.37. The maximum absolute atomic E-state index is 13.5. The Labute approximate surface area is 219 Å². The van der Waals surface area contributed by atoms with Crippen LogP contribution in [0.15, 0.2) is 71.8 Å². The number of halogens is 4. The molecule has 0 saturated carbocycles. The molecule has 0 radical (unpaired) electrons. The topological polar surface area (TPSA) is 29.5 Å². The molecule has 0 spiro atoms. The van der Waals surface area contributed by atoms with E-state index in [1.54, 1.807) is 31.4 Å². The maximum Gasteiger partial charge on any atom is 0.187 e. The second kappa shape index (κ2) is 11.0. The van der Waals surface area contributed by atoms with Gasteiger partial charge < -0.3 is 4.74 Å². The zero-order valence-electron chi connectivity index (χ0n) is 18.3. The summed E-state index contributed by atoms with van der Waals surface area (Å²) in [5.41, 5.74) is 3.87. The lowest BCUT2D eigenvalue weighted by atomic mass is 9.94. The molecule has 174 valence electrons. The van der Waals surface area contributed by atoms with Gasteiger partial charge in [-0.15, -0.1) is 0 Å². The third-order valence-electron chi connectivity index (χ3n) is 5.52. The molecule has 7 heteroatoms. The lowest BCUT2D eigenvalue weighted by Gasteiger charge is -2.30. The smallest absolute Gasteiger partial charge is 0.187 e. The Morgan fingerprint density at radius 3 is 1.74 bits per heavy atom. The van der Waals surface area contributed by atoms with E-state index >= 15 is 0 Å². The molecular formula is C27H21Cl4NO2. The first kappa shape index (κ1) is 24.8. The molecule has 0 aliphatic carbocycles. The van der Waals surface area contributed by atoms with Gasteiger partial charge in [-0.25, -0.2) is 0 Å². The summed E-state index contributed by atoms with van der Waals surface area (Å²) in [6.07, 6.45) is 3.66. The molecule has 1 aliphatic rings. The highest BCUT2D eigenvalue weighted by Gasteiger charge is 2.26. The van der Waals surface area contributed by atoms with E-state index in [-0.39, 0.29) is 5.78 Å². The Morgan fingerprint density at radius 1 is 0.794 bits per heavy atom. The molecule has 3 aromatic carbocycles. The standard InChI is InChI=1S/C27H21Cl4NO2/c1-34-24-8-2-17(3-9-24)14-32-15-20(10-18-4-6-22(28)12-25(18)30)27(33)21(16-32)11-19-5-7-23(29)13-26(19)31/h2-13H,14-16H2,1H3. The van der Waals surface area contributed by atoms with Crippen LogP contribution in [0.5, 0.6) is 5.75 Å². The van der Waals surface area contributed by atoms with Gasteiger partial charge in [0.1, 0.15) is 5.75 Å². The van der Waals surface area contributed by atoms with Crippen LogP contribution in [-0.2, 0) is 11.3 Å². The highest BCUT2D eigenvalue weighted by atomic mass is 35.5. The van der Waals surface area contributed by atoms with E-state index in [9.17, 15) is 4.79 Å². The minimum atomic E-state index is -0.0389. The van der Waals surface area contributed by atoms with Crippen molar-refractivity contribution in [2.75, 3.05) is 20.2 Å². The molecule has 1 heterocycles. The van der Waals surface area contributed by atoms with Crippen LogP contribution in [0.1, 0.15) is 16.7 Å². The molecule has 0 amide bonds. The van der Waals surface area contributed by atoms with Gasteiger partial charge in [0.2, 0.25) is 0 Å². The summed E-state index contributed by atoms with van der Waals surface area (Å²) in [4.78, 5) is 15.7. The fourth-order valence-corrected chi connectivity index (χ4v) is 4.75. The summed E-state index contributed by atoms with van der Waals surface area (Å²) in [5, 5.41) is 2.07. The maximum atomic E-state index is 13.5. The number of rotatable bonds is 5. The number of benzene rings is 3. The monoisotopic (exact) mass is 531 g/mol. The zero-order valence-corrected chi connectivity index (χ0v) is 21.3. The summed E-state index contributed by atoms with van der Waals surface area (Å²) < 4.78 is 5.26. The van der Waals surface area contributed by atoms with Gasteiger partial charge in [-0.1, -0.05) is 70.7 Å². The molecule has 1 aliphatic heterocycles. The minimum absolute atomic E-state index is 0.0389. The Balaban J connectivity index is 1.70. The van der Waals surface area contributed by atoms with E-state index in [1.165, 1.54) is 0 Å². The third kappa shape index (κ3) is 6.04. The van der Waals surface area contributed by atoms with Gasteiger partial charge in [-0.2, -0.15) is 0 Å². The minimum Gasteiger partial charge on any atom is -0.497 e. The summed E-state index contributed by atoms with van der Waals surface area (Å²) in [6.45, 7) is 1.62. The average molecular weight is 533 g/mol. The quantitative estimate of drug-likeness (QED) is 0.313. The fourth-order valence-electron chi connectivity index (χ4n) is 3.82. The van der Waals surface area contributed by atoms with Gasteiger partial charge in [-0.3, -0.25) is 9.69 Å². The molecule has 3 aromatic rings. The number of piperidine rings is 1. The van der Waals surface area contributed by atoms with Gasteiger partial charge in [0, 0.05) is 50.9 Å². The number of ether oxygens (including phenoxy) is 1. The molecule has 0 bridgehead atoms. The first-order valence-corrected chi connectivity index (χ1v) is 12.0. The largest absolute Gasteiger partial charge is 0.497 e. The van der Waals surface area contributed by atoms with E-state index in [0.717, 1.165) is 22.4 Å². The van der Waals surface area contributed by atoms with Gasteiger partial charge in [0.15, 0.2) is 5.78 Å². The van der Waals surface area contributed by atoms with Crippen LogP contribution >= 0.6 is 46.4 Å². The number of methoxy groups -OCH3 is 1. The van der Waals surface area contributed by atoms with Crippen molar-refractivity contribution in [3.05, 3.63) is 109 Å². The fraction of sp³-hybridized carbons (Fsp3) is 0.148. The van der Waals surface area contributed by atoms with E-state index in [4.69, 9.17) is 51.1 Å². The third-order valence-corrected chi connectivity index (χ3v) is 6.65. The van der Waals surface area contributed by atoms with Crippen molar-refractivity contribution in [3.8, 4) is 5.75 Å². The number of hydrogen-bond acceptors (Lipinski definition) is 3. The highest BCUT2D eigenvalue weighted by Crippen LogP contribution is 2.29. The van der Waals surface area contributed by atoms with Crippen LogP contribution in [0.3, 0.4) is 0 Å². The van der Waals surface area contributed by atoms with Gasteiger partial charge in [-0.05, 0) is 65.2 Å². The summed E-state index contributed by atoms with van der Waals surface area (Å²) in [6, 6.07) is 18.4. The first-order valence-electron chi connectivity index (χ1n) is 10.5. The number of Topliss-reactive ketones (excluding diaryl/α,β-unsaturated/α-hetero) is 1. The van der Waals surface area contributed by atoms with E-state index in [1.807, 2.05) is 48.6 Å². The molecule has 1 fully saturated rings. The van der Waals surface area contributed by atoms with Crippen molar-refractivity contribution >= 4 is 64.3 Å². The van der Waals surface area contributed by atoms with Gasteiger partial charge in [0.05, 0.1) is 7.11 Å². The molecule has 0 atom stereocenters. The summed E-state index contributed by atoms with van der Waals surface area (Å²) >= 11 is 24.9. The Bertz CT molecular complexity index is 1210. The van der Waals surface area contributed by atoms with Crippen LogP contribution in [0, 0.1) is 0 Å². The molecular weight excluding hydrogens is 512 g/mol. The Morgan fingerprint density at radius 2 is 1.29 bits per heavy atom. The van der Waals surface area contributed by atoms with Crippen LogP contribution in [0.25, 0.3) is 12.2 Å². The Hall–Kier alpha value is -2.27. The Kier molecular flexibility index (Phi) is 8.02. The van der Waals surface area contributed by atoms with Gasteiger partial charge in [0.25, 0.3) is 0 Å². The van der Waals surface area contributed by atoms with Crippen LogP contribution in [-0.4, -0.2) is 30.9 Å². The van der Waals surface area contributed by atoms with Crippen molar-refractivity contribution in [2.24, 2.45) is 0 Å². The van der Waals surface area contributed by atoms with Crippen LogP contribution in [0.4, 0.5) is 0 Å². The van der Waals surface area contributed by atoms with Crippen LogP contribution < -0.4 is 4.74 Å². The predicted octanol–water partition coefficient (Wildman–Crippen LogP) is 7.86. The number of likely N-dealkylation sites (tertiary alicyclic amines) is 1. The normalized spacial score (nSPS) is 16.9. The lowest BCUT2D eigenvalue weighted by molar-refractivity contribution is -0.113. The predicted molar refractivity (Wildman–Crippen MR) is 142 cm³/mol. The summed E-state index contributed by atoms with van der Waals surface area (Å²) in [5.74, 6) is 0.761. The molecule has 3 nitrogen and oxygen atoms in total. The average Bonchev–Trinajstić information content (AvgIpc) is 2.80. The highest BCUT2D eigenvalue weighted by molar-refractivity contribution is 6.36. The van der Waals surface area contributed by atoms with Crippen molar-refractivity contribution in [1.29, 1.82) is 0 Å². The van der Waals surface area contributed by atoms with E-state index in [2.05, 4.69) is 4.90 Å². The van der Waals surface area contributed by atoms with Gasteiger partial charge >= 0.3 is 0 Å². The number of nitrogens with zero attached hydrogens (tertiary/aromatic N) is 1. The molecule has 1 saturated heterocycles. The second-order valence-corrected chi connectivity index (χ2v) is 9.68. The number of ketones is 1. The van der Waals surface area contributed by atoms with Crippen molar-refractivity contribution in [1.82, 2.24) is 4.90 Å². The first-order chi connectivity index (χ1) is 16.3. The zero-order chi connectivity index (χ0) is 24.2. The molecule has 0 N–H and O–H groups in total. The molecule has 4 rings (SSSR count). The summed E-state index contributed by atoms with van der Waals surface area (Å²) in [7, 11) is 1.64. The number of carbonyl (C=O) groups is 1. The van der Waals surface area contributed by atoms with Crippen molar-refractivity contribution in [2.45, 2.75) is 6.54 Å². The van der Waals surface area contributed by atoms with Crippen LogP contribution in [0.2, 0.25) is 20.1 Å². The molecule has 34 heavy (non-hydrogen) atoms. The molecule has 0 unspecified atom stereocenters. The number of hydrogen-bond donors (Lipinski definition) is 0. The van der Waals surface area contributed by atoms with Crippen molar-refractivity contribution in [3.63, 3.8) is 0 Å². The molecule has 0 aromatic heterocycles. The van der Waals surface area contributed by atoms with E-state index < -0.39 is 0 Å². The SMILES string of the molecule is COc1ccc(CN2CC(=Cc3ccc(Cl)cc3Cl)C(=O)C(=Cc3ccc(Cl)cc3Cl)C2)cc1. The van der Waals surface area contributed by atoms with E-state index in [0.29, 0.717) is 50.9 Å². The second-order valence-electron chi connectivity index (χ2n) is 7.99. The number of carbonyl (C=O) groups excluding carboxylic acids is 1. The van der Waals surface area contributed by atoms with Crippen molar-refractivity contribution < 1.29 is 9.53 Å².